The summed E-state index contributed by atoms with van der Waals surface area (Å²) in [4.78, 5) is 0. The van der Waals surface area contributed by atoms with Crippen molar-refractivity contribution in [2.75, 3.05) is 0 Å². The van der Waals surface area contributed by atoms with Crippen molar-refractivity contribution >= 4 is 0 Å². The van der Waals surface area contributed by atoms with E-state index in [-0.39, 0.29) is 22.3 Å². The van der Waals surface area contributed by atoms with Gasteiger partial charge in [-0.05, 0) is 59.7 Å². The summed E-state index contributed by atoms with van der Waals surface area (Å²) in [6.45, 7) is 25.5. The molecule has 2 aliphatic rings. The van der Waals surface area contributed by atoms with Gasteiger partial charge in [-0.3, -0.25) is 0 Å². The zero-order valence-corrected chi connectivity index (χ0v) is 19.2. The fourth-order valence-electron chi connectivity index (χ4n) is 4.91. The molecule has 0 aromatic rings. The van der Waals surface area contributed by atoms with Crippen LogP contribution < -0.4 is 0 Å². The molecule has 2 saturated carbocycles. The van der Waals surface area contributed by atoms with Crippen LogP contribution in [0.5, 0.6) is 0 Å². The summed E-state index contributed by atoms with van der Waals surface area (Å²) >= 11 is 0. The molecule has 0 saturated heterocycles. The molecule has 0 atom stereocenters. The van der Waals surface area contributed by atoms with Crippen LogP contribution in [0.25, 0.3) is 0 Å². The molecule has 0 aromatic carbocycles. The molecule has 0 heterocycles. The molecule has 0 spiro atoms. The maximum absolute atomic E-state index is 2.41. The van der Waals surface area contributed by atoms with Crippen molar-refractivity contribution in [2.24, 2.45) is 27.6 Å². The summed E-state index contributed by atoms with van der Waals surface area (Å²) in [5.41, 5.74) is 2.35. The van der Waals surface area contributed by atoms with Gasteiger partial charge in [0.05, 0.1) is 0 Å². The van der Waals surface area contributed by atoms with E-state index in [0.29, 0.717) is 21.7 Å². The zero-order chi connectivity index (χ0) is 19.2. The maximum atomic E-state index is 2.41. The average Bonchev–Trinajstić information content (AvgIpc) is 2.21. The molecule has 0 nitrogen and oxygen atoms in total. The molecule has 170 valence electrons. The van der Waals surface area contributed by atoms with Crippen LogP contribution in [-0.4, -0.2) is 0 Å². The lowest BCUT2D eigenvalue weighted by atomic mass is 9.62. The Morgan fingerprint density at radius 3 is 1.07 bits per heavy atom. The minimum atomic E-state index is 0. The Hall–Kier alpha value is 0. The van der Waals surface area contributed by atoms with Gasteiger partial charge in [-0.1, -0.05) is 118 Å². The maximum Gasteiger partial charge on any atom is -0.0347 e. The Labute approximate surface area is 177 Å². The Morgan fingerprint density at radius 2 is 0.889 bits per heavy atom. The monoisotopic (exact) mass is 386 g/mol. The van der Waals surface area contributed by atoms with Gasteiger partial charge in [-0.15, -0.1) is 0 Å². The van der Waals surface area contributed by atoms with Gasteiger partial charge in [0.2, 0.25) is 0 Å². The second kappa shape index (κ2) is 13.3. The fourth-order valence-corrected chi connectivity index (χ4v) is 4.91. The van der Waals surface area contributed by atoms with Crippen molar-refractivity contribution in [3.63, 3.8) is 0 Å². The standard InChI is InChI=1S/C11H22.C8H16.C5H12.3CH4/c1-9-6-10(2,3)8-11(4,5)7-9;1-8(2)6-4-3-5-7-8;1-5(2,3)4;;;/h9H,6-8H2,1-5H3;3-7H2,1-2H3;1-4H3;3*1H4. The summed E-state index contributed by atoms with van der Waals surface area (Å²) in [5.74, 6) is 0.925. The van der Waals surface area contributed by atoms with Gasteiger partial charge in [0.25, 0.3) is 0 Å². The third kappa shape index (κ3) is 22.2. The highest BCUT2D eigenvalue weighted by Gasteiger charge is 2.36. The molecule has 0 unspecified atom stereocenters. The lowest BCUT2D eigenvalue weighted by molar-refractivity contribution is 0.0754. The van der Waals surface area contributed by atoms with Crippen molar-refractivity contribution in [2.45, 2.75) is 150 Å². The van der Waals surface area contributed by atoms with Crippen molar-refractivity contribution in [3.8, 4) is 0 Å². The van der Waals surface area contributed by atoms with Crippen molar-refractivity contribution in [1.82, 2.24) is 0 Å². The predicted molar refractivity (Wildman–Crippen MR) is 133 cm³/mol. The van der Waals surface area contributed by atoms with Crippen molar-refractivity contribution < 1.29 is 0 Å². The minimum absolute atomic E-state index is 0. The Morgan fingerprint density at radius 1 is 0.593 bits per heavy atom. The molecular formula is C27H62. The topological polar surface area (TPSA) is 0 Å². The van der Waals surface area contributed by atoms with Gasteiger partial charge in [0.15, 0.2) is 0 Å². The van der Waals surface area contributed by atoms with Gasteiger partial charge in [0.1, 0.15) is 0 Å². The van der Waals surface area contributed by atoms with E-state index in [4.69, 9.17) is 0 Å². The number of hydrogen-bond donors (Lipinski definition) is 0. The Balaban J connectivity index is -0.000000148. The lowest BCUT2D eigenvalue weighted by Gasteiger charge is -2.44. The smallest absolute Gasteiger partial charge is 0.0347 e. The highest BCUT2D eigenvalue weighted by molar-refractivity contribution is 4.87. The first-order chi connectivity index (χ1) is 10.5. The van der Waals surface area contributed by atoms with E-state index in [1.54, 1.807) is 0 Å². The SMILES string of the molecule is C.C.C.CC(C)(C)C.CC1(C)CCCCC1.CC1CC(C)(C)CC(C)(C)C1. The lowest BCUT2D eigenvalue weighted by Crippen LogP contribution is -2.32. The van der Waals surface area contributed by atoms with Crippen LogP contribution in [0, 0.1) is 27.6 Å². The normalized spacial score (nSPS) is 22.8. The van der Waals surface area contributed by atoms with E-state index in [1.807, 2.05) is 0 Å². The van der Waals surface area contributed by atoms with Gasteiger partial charge in [-0.25, -0.2) is 0 Å². The van der Waals surface area contributed by atoms with Crippen molar-refractivity contribution in [1.29, 1.82) is 0 Å². The molecular weight excluding hydrogens is 324 g/mol. The largest absolute Gasteiger partial charge is 0.0776 e. The quantitative estimate of drug-likeness (QED) is 0.388. The molecule has 0 aliphatic heterocycles. The first kappa shape index (κ1) is 34.5. The summed E-state index contributed by atoms with van der Waals surface area (Å²) in [7, 11) is 0. The first-order valence-electron chi connectivity index (χ1n) is 10.5. The molecule has 0 aromatic heterocycles. The van der Waals surface area contributed by atoms with Gasteiger partial charge in [-0.2, -0.15) is 0 Å². The van der Waals surface area contributed by atoms with E-state index < -0.39 is 0 Å². The van der Waals surface area contributed by atoms with Crippen LogP contribution in [0.15, 0.2) is 0 Å². The van der Waals surface area contributed by atoms with Gasteiger partial charge < -0.3 is 0 Å². The minimum Gasteiger partial charge on any atom is -0.0776 e. The zero-order valence-electron chi connectivity index (χ0n) is 19.2. The number of hydrogen-bond acceptors (Lipinski definition) is 0. The third-order valence-electron chi connectivity index (χ3n) is 4.97. The van der Waals surface area contributed by atoms with Gasteiger partial charge in [0, 0.05) is 0 Å². The molecule has 2 aliphatic carbocycles. The van der Waals surface area contributed by atoms with E-state index in [1.165, 1.54) is 51.4 Å². The van der Waals surface area contributed by atoms with E-state index in [2.05, 4.69) is 76.2 Å². The average molecular weight is 387 g/mol. The molecule has 0 N–H and O–H groups in total. The third-order valence-corrected chi connectivity index (χ3v) is 4.97. The highest BCUT2D eigenvalue weighted by Crippen LogP contribution is 2.47. The highest BCUT2D eigenvalue weighted by atomic mass is 14.4. The summed E-state index contributed by atoms with van der Waals surface area (Å²) in [6.07, 6.45) is 11.5. The summed E-state index contributed by atoms with van der Waals surface area (Å²) in [5, 5.41) is 0. The Kier molecular flexibility index (Phi) is 17.0. The molecule has 0 radical (unpaired) electrons. The fraction of sp³-hybridized carbons (Fsp3) is 1.00. The van der Waals surface area contributed by atoms with Crippen LogP contribution >= 0.6 is 0 Å². The van der Waals surface area contributed by atoms with E-state index in [0.717, 1.165) is 5.92 Å². The number of rotatable bonds is 0. The second-order valence-electron chi connectivity index (χ2n) is 12.7. The van der Waals surface area contributed by atoms with Crippen LogP contribution in [0.3, 0.4) is 0 Å². The molecule has 0 amide bonds. The van der Waals surface area contributed by atoms with Crippen LogP contribution in [0.1, 0.15) is 150 Å². The van der Waals surface area contributed by atoms with Crippen molar-refractivity contribution in [3.05, 3.63) is 0 Å². The second-order valence-corrected chi connectivity index (χ2v) is 12.7. The van der Waals surface area contributed by atoms with Crippen LogP contribution in [0.4, 0.5) is 0 Å². The Bertz CT molecular complexity index is 308. The molecule has 0 bridgehead atoms. The summed E-state index contributed by atoms with van der Waals surface area (Å²) in [6, 6.07) is 0. The van der Waals surface area contributed by atoms with Crippen LogP contribution in [0.2, 0.25) is 0 Å². The summed E-state index contributed by atoms with van der Waals surface area (Å²) < 4.78 is 0. The molecule has 27 heavy (non-hydrogen) atoms. The molecule has 2 rings (SSSR count). The van der Waals surface area contributed by atoms with E-state index in [9.17, 15) is 0 Å². The molecule has 0 heteroatoms. The first-order valence-corrected chi connectivity index (χ1v) is 10.5. The van der Waals surface area contributed by atoms with Gasteiger partial charge >= 0.3 is 0 Å². The van der Waals surface area contributed by atoms with Crippen LogP contribution in [-0.2, 0) is 0 Å². The van der Waals surface area contributed by atoms with E-state index >= 15 is 0 Å². The predicted octanol–water partition coefficient (Wildman–Crippen LogP) is 10.8. The molecule has 2 fully saturated rings.